The van der Waals surface area contributed by atoms with Crippen LogP contribution < -0.4 is 15.5 Å². The lowest BCUT2D eigenvalue weighted by Gasteiger charge is -2.27. The van der Waals surface area contributed by atoms with Crippen molar-refractivity contribution in [3.8, 4) is 0 Å². The van der Waals surface area contributed by atoms with Gasteiger partial charge < -0.3 is 15.5 Å². The molecule has 4 nitrogen and oxygen atoms in total. The van der Waals surface area contributed by atoms with Gasteiger partial charge in [0.2, 0.25) is 0 Å². The fraction of sp³-hybridized carbons (Fsp3) is 0.611. The fourth-order valence-corrected chi connectivity index (χ4v) is 2.83. The van der Waals surface area contributed by atoms with Gasteiger partial charge >= 0.3 is 0 Å². The molecule has 0 fully saturated rings. The number of benzene rings is 1. The summed E-state index contributed by atoms with van der Waals surface area (Å²) < 4.78 is 0. The van der Waals surface area contributed by atoms with E-state index in [0.717, 1.165) is 32.1 Å². The Labute approximate surface area is 135 Å². The van der Waals surface area contributed by atoms with Crippen molar-refractivity contribution < 1.29 is 0 Å². The predicted octanol–water partition coefficient (Wildman–Crippen LogP) is 2.92. The van der Waals surface area contributed by atoms with Gasteiger partial charge in [0.05, 0.1) is 6.54 Å². The lowest BCUT2D eigenvalue weighted by atomic mass is 10.00. The molecule has 2 rings (SSSR count). The SMILES string of the molecule is CCCCNC(=NCc1ccc2c(c1)CCCN2C)NCC. The molecule has 0 saturated carbocycles. The van der Waals surface area contributed by atoms with E-state index in [1.54, 1.807) is 0 Å². The van der Waals surface area contributed by atoms with Crippen LogP contribution in [-0.2, 0) is 13.0 Å². The number of fused-ring (bicyclic) bond motifs is 1. The maximum atomic E-state index is 4.70. The predicted molar refractivity (Wildman–Crippen MR) is 95.8 cm³/mol. The van der Waals surface area contributed by atoms with Crippen molar-refractivity contribution in [1.82, 2.24) is 10.6 Å². The third-order valence-electron chi connectivity index (χ3n) is 4.08. The molecule has 4 heteroatoms. The molecule has 22 heavy (non-hydrogen) atoms. The van der Waals surface area contributed by atoms with Gasteiger partial charge in [0.25, 0.3) is 0 Å². The Balaban J connectivity index is 2.00. The second-order valence-corrected chi connectivity index (χ2v) is 5.96. The van der Waals surface area contributed by atoms with Crippen LogP contribution in [0.5, 0.6) is 0 Å². The number of hydrogen-bond acceptors (Lipinski definition) is 2. The molecule has 0 saturated heterocycles. The van der Waals surface area contributed by atoms with Gasteiger partial charge in [-0.25, -0.2) is 4.99 Å². The Morgan fingerprint density at radius 1 is 1.27 bits per heavy atom. The summed E-state index contributed by atoms with van der Waals surface area (Å²) in [6.45, 7) is 8.08. The van der Waals surface area contributed by atoms with Gasteiger partial charge in [0, 0.05) is 32.4 Å². The molecule has 1 aliphatic heterocycles. The molecule has 0 spiro atoms. The van der Waals surface area contributed by atoms with E-state index >= 15 is 0 Å². The average Bonchev–Trinajstić information content (AvgIpc) is 2.53. The first-order valence-corrected chi connectivity index (χ1v) is 8.59. The topological polar surface area (TPSA) is 39.7 Å². The van der Waals surface area contributed by atoms with E-state index in [1.807, 2.05) is 0 Å². The molecule has 0 unspecified atom stereocenters. The Bertz CT molecular complexity index is 496. The lowest BCUT2D eigenvalue weighted by Crippen LogP contribution is -2.37. The minimum absolute atomic E-state index is 0.735. The first kappa shape index (κ1) is 16.7. The second kappa shape index (κ2) is 8.66. The molecular weight excluding hydrogens is 272 g/mol. The monoisotopic (exact) mass is 302 g/mol. The molecule has 1 aliphatic rings. The molecular formula is C18H30N4. The summed E-state index contributed by atoms with van der Waals surface area (Å²) in [5, 5.41) is 6.70. The molecule has 1 aromatic carbocycles. The number of aliphatic imine (C=N–C) groups is 1. The first-order chi connectivity index (χ1) is 10.7. The van der Waals surface area contributed by atoms with E-state index in [1.165, 1.54) is 42.5 Å². The number of nitrogens with one attached hydrogen (secondary N) is 2. The minimum atomic E-state index is 0.735. The number of hydrogen-bond donors (Lipinski definition) is 2. The third-order valence-corrected chi connectivity index (χ3v) is 4.08. The normalized spacial score (nSPS) is 14.7. The van der Waals surface area contributed by atoms with E-state index in [-0.39, 0.29) is 0 Å². The molecule has 2 N–H and O–H groups in total. The summed E-state index contributed by atoms with van der Waals surface area (Å²) in [5.41, 5.74) is 4.14. The number of guanidine groups is 1. The quantitative estimate of drug-likeness (QED) is 0.482. The first-order valence-electron chi connectivity index (χ1n) is 8.59. The van der Waals surface area contributed by atoms with E-state index in [2.05, 4.69) is 54.6 Å². The van der Waals surface area contributed by atoms with Gasteiger partial charge in [0.1, 0.15) is 0 Å². The fourth-order valence-electron chi connectivity index (χ4n) is 2.83. The zero-order chi connectivity index (χ0) is 15.8. The summed E-state index contributed by atoms with van der Waals surface area (Å²) in [6, 6.07) is 6.78. The van der Waals surface area contributed by atoms with Crippen LogP contribution in [0, 0.1) is 0 Å². The maximum absolute atomic E-state index is 4.70. The number of unbranched alkanes of at least 4 members (excludes halogenated alkanes) is 1. The summed E-state index contributed by atoms with van der Waals surface area (Å²) in [4.78, 5) is 7.05. The molecule has 1 heterocycles. The van der Waals surface area contributed by atoms with Crippen LogP contribution in [0.25, 0.3) is 0 Å². The van der Waals surface area contributed by atoms with Crippen LogP contribution in [0.4, 0.5) is 5.69 Å². The summed E-state index contributed by atoms with van der Waals surface area (Å²) in [5.74, 6) is 0.922. The number of nitrogens with zero attached hydrogens (tertiary/aromatic N) is 2. The van der Waals surface area contributed by atoms with E-state index in [4.69, 9.17) is 4.99 Å². The van der Waals surface area contributed by atoms with Crippen molar-refractivity contribution in [1.29, 1.82) is 0 Å². The Morgan fingerprint density at radius 2 is 2.14 bits per heavy atom. The Morgan fingerprint density at radius 3 is 2.91 bits per heavy atom. The Kier molecular flexibility index (Phi) is 6.56. The van der Waals surface area contributed by atoms with Gasteiger partial charge in [0.15, 0.2) is 5.96 Å². The van der Waals surface area contributed by atoms with E-state index < -0.39 is 0 Å². The van der Waals surface area contributed by atoms with Crippen LogP contribution >= 0.6 is 0 Å². The standard InChI is InChI=1S/C18H30N4/c1-4-6-11-20-18(19-5-2)21-14-15-9-10-17-16(13-15)8-7-12-22(17)3/h9-10,13H,4-8,11-12,14H2,1-3H3,(H2,19,20,21). The minimum Gasteiger partial charge on any atom is -0.374 e. The third kappa shape index (κ3) is 4.65. The number of anilines is 1. The van der Waals surface area contributed by atoms with Gasteiger partial charge in [-0.15, -0.1) is 0 Å². The van der Waals surface area contributed by atoms with Crippen LogP contribution in [0.1, 0.15) is 44.2 Å². The van der Waals surface area contributed by atoms with Gasteiger partial charge in [-0.05, 0) is 43.4 Å². The van der Waals surface area contributed by atoms with Crippen LogP contribution in [-0.4, -0.2) is 32.6 Å². The molecule has 0 bridgehead atoms. The van der Waals surface area contributed by atoms with Crippen molar-refractivity contribution in [2.45, 2.75) is 46.1 Å². The Hall–Kier alpha value is -1.71. The van der Waals surface area contributed by atoms with Crippen molar-refractivity contribution in [2.24, 2.45) is 4.99 Å². The van der Waals surface area contributed by atoms with E-state index in [9.17, 15) is 0 Å². The highest BCUT2D eigenvalue weighted by Gasteiger charge is 2.13. The molecule has 122 valence electrons. The highest BCUT2D eigenvalue weighted by molar-refractivity contribution is 5.79. The van der Waals surface area contributed by atoms with Gasteiger partial charge in [-0.3, -0.25) is 0 Å². The zero-order valence-corrected chi connectivity index (χ0v) is 14.3. The molecule has 0 aromatic heterocycles. The van der Waals surface area contributed by atoms with Gasteiger partial charge in [-0.1, -0.05) is 25.5 Å². The highest BCUT2D eigenvalue weighted by Crippen LogP contribution is 2.26. The molecule has 0 radical (unpaired) electrons. The molecule has 1 aromatic rings. The van der Waals surface area contributed by atoms with Gasteiger partial charge in [-0.2, -0.15) is 0 Å². The average molecular weight is 302 g/mol. The van der Waals surface area contributed by atoms with Crippen LogP contribution in [0.3, 0.4) is 0 Å². The number of rotatable bonds is 6. The maximum Gasteiger partial charge on any atom is 0.191 e. The lowest BCUT2D eigenvalue weighted by molar-refractivity contribution is 0.729. The van der Waals surface area contributed by atoms with E-state index in [0.29, 0.717) is 0 Å². The molecule has 0 amide bonds. The largest absolute Gasteiger partial charge is 0.374 e. The van der Waals surface area contributed by atoms with Crippen molar-refractivity contribution in [2.75, 3.05) is 31.6 Å². The summed E-state index contributed by atoms with van der Waals surface area (Å²) >= 11 is 0. The van der Waals surface area contributed by atoms with Crippen LogP contribution in [0.2, 0.25) is 0 Å². The molecule has 0 atom stereocenters. The van der Waals surface area contributed by atoms with Crippen molar-refractivity contribution in [3.63, 3.8) is 0 Å². The highest BCUT2D eigenvalue weighted by atomic mass is 15.2. The summed E-state index contributed by atoms with van der Waals surface area (Å²) in [7, 11) is 2.18. The number of aryl methyl sites for hydroxylation is 1. The smallest absolute Gasteiger partial charge is 0.191 e. The zero-order valence-electron chi connectivity index (χ0n) is 14.3. The summed E-state index contributed by atoms with van der Waals surface area (Å²) in [6.07, 6.45) is 4.81. The molecule has 0 aliphatic carbocycles. The second-order valence-electron chi connectivity index (χ2n) is 5.96. The van der Waals surface area contributed by atoms with Crippen molar-refractivity contribution >= 4 is 11.6 Å². The van der Waals surface area contributed by atoms with Crippen molar-refractivity contribution in [3.05, 3.63) is 29.3 Å². The van der Waals surface area contributed by atoms with Crippen LogP contribution in [0.15, 0.2) is 23.2 Å².